The molecule has 3 heteroatoms. The molecule has 0 aliphatic carbocycles. The lowest BCUT2D eigenvalue weighted by molar-refractivity contribution is 0.448. The van der Waals surface area contributed by atoms with Gasteiger partial charge in [0, 0.05) is 0 Å². The Morgan fingerprint density at radius 3 is 2.90 bits per heavy atom. The zero-order chi connectivity index (χ0) is 7.56. The minimum absolute atomic E-state index is 0.0527. The molecule has 1 aromatic heterocycles. The largest absolute Gasteiger partial charge is 0.492 e. The van der Waals surface area contributed by atoms with Gasteiger partial charge in [0.05, 0.1) is 17.6 Å². The van der Waals surface area contributed by atoms with Gasteiger partial charge in [-0.1, -0.05) is 6.58 Å². The first-order valence-corrected chi connectivity index (χ1v) is 2.89. The van der Waals surface area contributed by atoms with Gasteiger partial charge in [-0.25, -0.2) is 9.97 Å². The summed E-state index contributed by atoms with van der Waals surface area (Å²) in [5.41, 5.74) is 1.40. The van der Waals surface area contributed by atoms with E-state index in [1.54, 1.807) is 13.0 Å². The minimum Gasteiger partial charge on any atom is -0.492 e. The maximum Gasteiger partial charge on any atom is 0.230 e. The smallest absolute Gasteiger partial charge is 0.230 e. The molecule has 0 aliphatic rings. The lowest BCUT2D eigenvalue weighted by Gasteiger charge is -1.96. The Bertz CT molecular complexity index is 258. The van der Waals surface area contributed by atoms with Crippen molar-refractivity contribution in [2.45, 2.75) is 6.92 Å². The Balaban J connectivity index is 3.19. The number of hydrogen-bond acceptors (Lipinski definition) is 3. The van der Waals surface area contributed by atoms with Crippen molar-refractivity contribution in [2.75, 3.05) is 0 Å². The van der Waals surface area contributed by atoms with Gasteiger partial charge in [0.1, 0.15) is 0 Å². The summed E-state index contributed by atoms with van der Waals surface area (Å²) in [6.45, 7) is 5.30. The van der Waals surface area contributed by atoms with E-state index in [4.69, 9.17) is 5.11 Å². The van der Waals surface area contributed by atoms with Gasteiger partial charge in [0.2, 0.25) is 5.88 Å². The van der Waals surface area contributed by atoms with Gasteiger partial charge in [-0.15, -0.1) is 0 Å². The monoisotopic (exact) mass is 136 g/mol. The molecule has 0 aliphatic heterocycles. The Morgan fingerprint density at radius 2 is 2.40 bits per heavy atom. The van der Waals surface area contributed by atoms with Crippen LogP contribution in [0.15, 0.2) is 12.8 Å². The van der Waals surface area contributed by atoms with Crippen molar-refractivity contribution in [3.63, 3.8) is 0 Å². The molecule has 1 heterocycles. The summed E-state index contributed by atoms with van der Waals surface area (Å²) in [6, 6.07) is 0. The molecule has 0 bridgehead atoms. The van der Waals surface area contributed by atoms with Crippen LogP contribution in [-0.4, -0.2) is 15.1 Å². The first kappa shape index (κ1) is 6.74. The van der Waals surface area contributed by atoms with Gasteiger partial charge in [0.25, 0.3) is 0 Å². The summed E-state index contributed by atoms with van der Waals surface area (Å²) in [7, 11) is 0. The fourth-order valence-electron chi connectivity index (χ4n) is 0.679. The van der Waals surface area contributed by atoms with E-state index < -0.39 is 0 Å². The molecule has 0 radical (unpaired) electrons. The van der Waals surface area contributed by atoms with Crippen molar-refractivity contribution in [2.24, 2.45) is 0 Å². The molecular weight excluding hydrogens is 128 g/mol. The van der Waals surface area contributed by atoms with Crippen LogP contribution in [0.25, 0.3) is 6.08 Å². The third-order valence-electron chi connectivity index (χ3n) is 1.17. The average molecular weight is 136 g/mol. The summed E-state index contributed by atoms with van der Waals surface area (Å²) >= 11 is 0. The average Bonchev–Trinajstić information content (AvgIpc) is 1.88. The Morgan fingerprint density at radius 1 is 1.70 bits per heavy atom. The van der Waals surface area contributed by atoms with Crippen molar-refractivity contribution in [3.05, 3.63) is 24.2 Å². The van der Waals surface area contributed by atoms with E-state index in [9.17, 15) is 0 Å². The number of aromatic nitrogens is 2. The Hall–Kier alpha value is -1.38. The van der Waals surface area contributed by atoms with Crippen LogP contribution in [-0.2, 0) is 0 Å². The van der Waals surface area contributed by atoms with Crippen molar-refractivity contribution in [1.29, 1.82) is 0 Å². The number of aromatic hydroxyl groups is 1. The molecule has 3 nitrogen and oxygen atoms in total. The summed E-state index contributed by atoms with van der Waals surface area (Å²) in [5.74, 6) is -0.0527. The van der Waals surface area contributed by atoms with Gasteiger partial charge in [0.15, 0.2) is 0 Å². The molecule has 0 aromatic carbocycles. The zero-order valence-corrected chi connectivity index (χ0v) is 5.70. The molecule has 1 rings (SSSR count). The van der Waals surface area contributed by atoms with Crippen molar-refractivity contribution >= 4 is 6.08 Å². The van der Waals surface area contributed by atoms with Crippen LogP contribution < -0.4 is 0 Å². The highest BCUT2D eigenvalue weighted by molar-refractivity contribution is 5.44. The fourth-order valence-corrected chi connectivity index (χ4v) is 0.679. The molecule has 10 heavy (non-hydrogen) atoms. The van der Waals surface area contributed by atoms with Crippen LogP contribution in [0.3, 0.4) is 0 Å². The first-order valence-electron chi connectivity index (χ1n) is 2.89. The maximum absolute atomic E-state index is 8.83. The maximum atomic E-state index is 8.83. The Kier molecular flexibility index (Phi) is 1.67. The molecule has 0 saturated heterocycles. The SMILES string of the molecule is C=Cc1ncc(O)nc1C. The van der Waals surface area contributed by atoms with E-state index in [2.05, 4.69) is 16.5 Å². The zero-order valence-electron chi connectivity index (χ0n) is 5.70. The van der Waals surface area contributed by atoms with Crippen LogP contribution in [0, 0.1) is 6.92 Å². The first-order chi connectivity index (χ1) is 4.74. The topological polar surface area (TPSA) is 46.0 Å². The number of nitrogens with zero attached hydrogens (tertiary/aromatic N) is 2. The predicted octanol–water partition coefficient (Wildman–Crippen LogP) is 1.13. The second-order valence-electron chi connectivity index (χ2n) is 1.90. The predicted molar refractivity (Wildman–Crippen MR) is 38.5 cm³/mol. The molecule has 1 aromatic rings. The molecule has 0 amide bonds. The van der Waals surface area contributed by atoms with E-state index >= 15 is 0 Å². The molecule has 0 unspecified atom stereocenters. The number of hydrogen-bond donors (Lipinski definition) is 1. The van der Waals surface area contributed by atoms with Gasteiger partial charge in [-0.3, -0.25) is 0 Å². The summed E-state index contributed by atoms with van der Waals surface area (Å²) < 4.78 is 0. The third kappa shape index (κ3) is 1.13. The van der Waals surface area contributed by atoms with E-state index in [1.807, 2.05) is 0 Å². The standard InChI is InChI=1S/C7H8N2O/c1-3-6-5(2)9-7(10)4-8-6/h3-4H,1H2,2H3,(H,9,10). The van der Waals surface area contributed by atoms with Crippen LogP contribution >= 0.6 is 0 Å². The minimum atomic E-state index is -0.0527. The van der Waals surface area contributed by atoms with Gasteiger partial charge >= 0.3 is 0 Å². The van der Waals surface area contributed by atoms with E-state index in [0.717, 1.165) is 0 Å². The third-order valence-corrected chi connectivity index (χ3v) is 1.17. The second-order valence-corrected chi connectivity index (χ2v) is 1.90. The van der Waals surface area contributed by atoms with E-state index in [0.29, 0.717) is 11.4 Å². The fraction of sp³-hybridized carbons (Fsp3) is 0.143. The molecule has 0 atom stereocenters. The van der Waals surface area contributed by atoms with Crippen LogP contribution in [0.2, 0.25) is 0 Å². The summed E-state index contributed by atoms with van der Waals surface area (Å²) in [6.07, 6.45) is 2.89. The number of rotatable bonds is 1. The van der Waals surface area contributed by atoms with Crippen molar-refractivity contribution in [1.82, 2.24) is 9.97 Å². The molecule has 52 valence electrons. The second kappa shape index (κ2) is 2.47. The van der Waals surface area contributed by atoms with E-state index in [1.165, 1.54) is 6.20 Å². The Labute approximate surface area is 59.1 Å². The van der Waals surface area contributed by atoms with Crippen LogP contribution in [0.4, 0.5) is 0 Å². The molecule has 0 saturated carbocycles. The summed E-state index contributed by atoms with van der Waals surface area (Å²) in [5, 5.41) is 8.83. The summed E-state index contributed by atoms with van der Waals surface area (Å²) in [4.78, 5) is 7.63. The molecular formula is C7H8N2O. The highest BCUT2D eigenvalue weighted by Crippen LogP contribution is 2.06. The highest BCUT2D eigenvalue weighted by Gasteiger charge is 1.96. The van der Waals surface area contributed by atoms with Gasteiger partial charge in [-0.2, -0.15) is 0 Å². The molecule has 0 spiro atoms. The highest BCUT2D eigenvalue weighted by atomic mass is 16.3. The lowest BCUT2D eigenvalue weighted by atomic mass is 10.3. The van der Waals surface area contributed by atoms with Gasteiger partial charge < -0.3 is 5.11 Å². The lowest BCUT2D eigenvalue weighted by Crippen LogP contribution is -1.89. The van der Waals surface area contributed by atoms with Crippen LogP contribution in [0.1, 0.15) is 11.4 Å². The quantitative estimate of drug-likeness (QED) is 0.629. The number of aryl methyl sites for hydroxylation is 1. The normalized spacial score (nSPS) is 9.30. The molecule has 1 N–H and O–H groups in total. The molecule has 0 fully saturated rings. The van der Waals surface area contributed by atoms with Crippen molar-refractivity contribution < 1.29 is 5.11 Å². The van der Waals surface area contributed by atoms with Crippen molar-refractivity contribution in [3.8, 4) is 5.88 Å². The van der Waals surface area contributed by atoms with E-state index in [-0.39, 0.29) is 5.88 Å². The van der Waals surface area contributed by atoms with Crippen LogP contribution in [0.5, 0.6) is 5.88 Å². The van der Waals surface area contributed by atoms with Gasteiger partial charge in [-0.05, 0) is 13.0 Å².